The SMILES string of the molecule is O=C(COC(=O)c1ccc[nH+]c1N1CCOCC1)NC(=O)NCc1cccs1. The van der Waals surface area contributed by atoms with E-state index in [4.69, 9.17) is 9.47 Å². The van der Waals surface area contributed by atoms with Crippen molar-refractivity contribution in [1.29, 1.82) is 0 Å². The van der Waals surface area contributed by atoms with E-state index in [1.54, 1.807) is 18.3 Å². The van der Waals surface area contributed by atoms with Gasteiger partial charge in [0.05, 0.1) is 26.0 Å². The molecule has 3 rings (SSSR count). The van der Waals surface area contributed by atoms with Crippen LogP contribution in [0.5, 0.6) is 0 Å². The minimum Gasteiger partial charge on any atom is -0.452 e. The van der Waals surface area contributed by atoms with Crippen molar-refractivity contribution in [2.45, 2.75) is 6.54 Å². The summed E-state index contributed by atoms with van der Waals surface area (Å²) in [5.41, 5.74) is 0.319. The minimum absolute atomic E-state index is 0.319. The van der Waals surface area contributed by atoms with E-state index in [0.29, 0.717) is 44.2 Å². The van der Waals surface area contributed by atoms with Crippen LogP contribution in [-0.4, -0.2) is 50.8 Å². The third-order valence-corrected chi connectivity index (χ3v) is 4.85. The second-order valence-electron chi connectivity index (χ2n) is 5.92. The Hall–Kier alpha value is -2.98. The molecule has 0 radical (unpaired) electrons. The van der Waals surface area contributed by atoms with E-state index in [1.165, 1.54) is 11.3 Å². The summed E-state index contributed by atoms with van der Waals surface area (Å²) in [5, 5.41) is 6.59. The fourth-order valence-corrected chi connectivity index (χ4v) is 3.28. The van der Waals surface area contributed by atoms with Crippen LogP contribution in [0.2, 0.25) is 0 Å². The number of pyridine rings is 1. The van der Waals surface area contributed by atoms with Crippen molar-refractivity contribution in [1.82, 2.24) is 10.6 Å². The molecule has 1 aliphatic heterocycles. The molecular formula is C18H21N4O5S+. The van der Waals surface area contributed by atoms with Crippen LogP contribution in [0.25, 0.3) is 0 Å². The third-order valence-electron chi connectivity index (χ3n) is 3.97. The summed E-state index contributed by atoms with van der Waals surface area (Å²) < 4.78 is 10.4. The van der Waals surface area contributed by atoms with Crippen molar-refractivity contribution in [3.8, 4) is 0 Å². The molecule has 0 aromatic carbocycles. The zero-order chi connectivity index (χ0) is 19.8. The maximum Gasteiger partial charge on any atom is 0.347 e. The molecule has 1 aliphatic rings. The number of anilines is 1. The lowest BCUT2D eigenvalue weighted by atomic mass is 10.2. The minimum atomic E-state index is -0.704. The van der Waals surface area contributed by atoms with E-state index in [1.807, 2.05) is 22.4 Å². The highest BCUT2D eigenvalue weighted by Crippen LogP contribution is 2.16. The fraction of sp³-hybridized carbons (Fsp3) is 0.333. The van der Waals surface area contributed by atoms with E-state index >= 15 is 0 Å². The summed E-state index contributed by atoms with van der Waals surface area (Å²) in [5.74, 6) is -0.734. The van der Waals surface area contributed by atoms with Crippen molar-refractivity contribution >= 4 is 35.1 Å². The Balaban J connectivity index is 1.48. The molecule has 3 N–H and O–H groups in total. The Morgan fingerprint density at radius 3 is 2.79 bits per heavy atom. The quantitative estimate of drug-likeness (QED) is 0.680. The van der Waals surface area contributed by atoms with E-state index in [2.05, 4.69) is 15.6 Å². The van der Waals surface area contributed by atoms with Crippen LogP contribution in [0.1, 0.15) is 15.2 Å². The summed E-state index contributed by atoms with van der Waals surface area (Å²) in [7, 11) is 0. The van der Waals surface area contributed by atoms with Gasteiger partial charge in [0.1, 0.15) is 18.7 Å². The van der Waals surface area contributed by atoms with Gasteiger partial charge in [0, 0.05) is 4.88 Å². The number of urea groups is 1. The molecule has 1 saturated heterocycles. The molecule has 0 spiro atoms. The number of nitrogens with one attached hydrogen (secondary N) is 3. The van der Waals surface area contributed by atoms with Gasteiger partial charge in [-0.2, -0.15) is 0 Å². The van der Waals surface area contributed by atoms with Crippen molar-refractivity contribution in [3.63, 3.8) is 0 Å². The highest BCUT2D eigenvalue weighted by atomic mass is 32.1. The summed E-state index contributed by atoms with van der Waals surface area (Å²) >= 11 is 1.50. The van der Waals surface area contributed by atoms with Gasteiger partial charge in [-0.05, 0) is 23.6 Å². The standard InChI is InChI=1S/C18H20N4O5S/c23-15(21-18(25)20-11-13-3-2-10-28-13)12-27-17(24)14-4-1-5-19-16(14)22-6-8-26-9-7-22/h1-5,10H,6-9,11-12H2,(H2,20,21,23,25)/p+1. The first-order valence-electron chi connectivity index (χ1n) is 8.74. The lowest BCUT2D eigenvalue weighted by Crippen LogP contribution is -2.42. The number of hydrogen-bond acceptors (Lipinski definition) is 7. The molecule has 2 aromatic heterocycles. The summed E-state index contributed by atoms with van der Waals surface area (Å²) in [6, 6.07) is 6.40. The number of carbonyl (C=O) groups is 3. The van der Waals surface area contributed by atoms with Gasteiger partial charge in [0.15, 0.2) is 6.61 Å². The Kier molecular flexibility index (Phi) is 6.93. The molecule has 28 heavy (non-hydrogen) atoms. The number of aromatic nitrogens is 1. The number of imide groups is 1. The van der Waals surface area contributed by atoms with Crippen molar-refractivity contribution in [2.75, 3.05) is 37.8 Å². The first-order chi connectivity index (χ1) is 13.6. The first-order valence-corrected chi connectivity index (χ1v) is 9.62. The highest BCUT2D eigenvalue weighted by molar-refractivity contribution is 7.09. The predicted octanol–water partition coefficient (Wildman–Crippen LogP) is 0.582. The highest BCUT2D eigenvalue weighted by Gasteiger charge is 2.27. The number of amides is 3. The molecule has 0 bridgehead atoms. The van der Waals surface area contributed by atoms with Crippen LogP contribution in [0, 0.1) is 0 Å². The Labute approximate surface area is 165 Å². The van der Waals surface area contributed by atoms with Crippen molar-refractivity contribution in [3.05, 3.63) is 46.3 Å². The number of nitrogens with zero attached hydrogens (tertiary/aromatic N) is 1. The molecule has 0 saturated carbocycles. The maximum absolute atomic E-state index is 12.4. The number of hydrogen-bond donors (Lipinski definition) is 2. The molecule has 0 aliphatic carbocycles. The van der Waals surface area contributed by atoms with Crippen LogP contribution < -0.4 is 20.5 Å². The van der Waals surface area contributed by atoms with Crippen LogP contribution in [-0.2, 0) is 20.8 Å². The number of aromatic amines is 1. The predicted molar refractivity (Wildman–Crippen MR) is 101 cm³/mol. The van der Waals surface area contributed by atoms with Crippen LogP contribution >= 0.6 is 11.3 Å². The topological polar surface area (TPSA) is 111 Å². The molecule has 3 amide bonds. The molecule has 9 nitrogen and oxygen atoms in total. The molecule has 2 aromatic rings. The Bertz CT molecular complexity index is 821. The molecule has 10 heteroatoms. The lowest BCUT2D eigenvalue weighted by molar-refractivity contribution is -0.364. The van der Waals surface area contributed by atoms with Crippen molar-refractivity contribution in [2.24, 2.45) is 0 Å². The van der Waals surface area contributed by atoms with Crippen molar-refractivity contribution < 1.29 is 28.8 Å². The Morgan fingerprint density at radius 2 is 2.04 bits per heavy atom. The molecule has 1 fully saturated rings. The number of thiophene rings is 1. The van der Waals surface area contributed by atoms with E-state index < -0.39 is 24.5 Å². The van der Waals surface area contributed by atoms with Gasteiger partial charge in [-0.3, -0.25) is 15.0 Å². The van der Waals surface area contributed by atoms with E-state index in [-0.39, 0.29) is 0 Å². The zero-order valence-corrected chi connectivity index (χ0v) is 15.9. The van der Waals surface area contributed by atoms with Crippen LogP contribution in [0.4, 0.5) is 10.6 Å². The molecule has 148 valence electrons. The molecular weight excluding hydrogens is 384 g/mol. The van der Waals surface area contributed by atoms with Gasteiger partial charge in [0.25, 0.3) is 11.7 Å². The summed E-state index contributed by atoms with van der Waals surface area (Å²) in [6.45, 7) is 2.19. The van der Waals surface area contributed by atoms with Gasteiger partial charge >= 0.3 is 12.0 Å². The largest absolute Gasteiger partial charge is 0.452 e. The van der Waals surface area contributed by atoms with E-state index in [9.17, 15) is 14.4 Å². The average Bonchev–Trinajstić information content (AvgIpc) is 3.25. The normalized spacial score (nSPS) is 13.6. The first kappa shape index (κ1) is 19.8. The fourth-order valence-electron chi connectivity index (χ4n) is 2.64. The zero-order valence-electron chi connectivity index (χ0n) is 15.1. The molecule has 0 unspecified atom stereocenters. The lowest BCUT2D eigenvalue weighted by Gasteiger charge is -2.22. The number of rotatable bonds is 6. The van der Waals surface area contributed by atoms with Crippen LogP contribution in [0.3, 0.4) is 0 Å². The van der Waals surface area contributed by atoms with Gasteiger partial charge in [0.2, 0.25) is 0 Å². The number of esters is 1. The average molecular weight is 405 g/mol. The maximum atomic E-state index is 12.4. The third kappa shape index (κ3) is 5.51. The smallest absolute Gasteiger partial charge is 0.347 e. The Morgan fingerprint density at radius 1 is 1.21 bits per heavy atom. The summed E-state index contributed by atoms with van der Waals surface area (Å²) in [4.78, 5) is 42.0. The van der Waals surface area contributed by atoms with Gasteiger partial charge in [-0.1, -0.05) is 6.07 Å². The van der Waals surface area contributed by atoms with Gasteiger partial charge < -0.3 is 14.8 Å². The van der Waals surface area contributed by atoms with Crippen LogP contribution in [0.15, 0.2) is 35.8 Å². The van der Waals surface area contributed by atoms with Gasteiger partial charge in [-0.15, -0.1) is 11.3 Å². The number of H-pyrrole nitrogens is 1. The second-order valence-corrected chi connectivity index (χ2v) is 6.95. The molecule has 0 atom stereocenters. The molecule has 3 heterocycles. The van der Waals surface area contributed by atoms with E-state index in [0.717, 1.165) is 4.88 Å². The monoisotopic (exact) mass is 405 g/mol. The number of ether oxygens (including phenoxy) is 2. The van der Waals surface area contributed by atoms with Gasteiger partial charge in [-0.25, -0.2) is 14.6 Å². The summed E-state index contributed by atoms with van der Waals surface area (Å²) in [6.07, 6.45) is 1.71. The second kappa shape index (κ2) is 9.81. The number of morpholine rings is 1. The number of carbonyl (C=O) groups excluding carboxylic acids is 3.